The second kappa shape index (κ2) is 9.61. The highest BCUT2D eigenvalue weighted by Crippen LogP contribution is 2.31. The van der Waals surface area contributed by atoms with Crippen molar-refractivity contribution in [1.29, 1.82) is 0 Å². The Morgan fingerprint density at radius 2 is 1.97 bits per heavy atom. The van der Waals surface area contributed by atoms with Gasteiger partial charge in [-0.1, -0.05) is 30.3 Å². The van der Waals surface area contributed by atoms with Crippen LogP contribution in [0.3, 0.4) is 0 Å². The number of methoxy groups -OCH3 is 1. The van der Waals surface area contributed by atoms with Crippen molar-refractivity contribution in [3.05, 3.63) is 60.0 Å². The number of nitrogens with one attached hydrogen (secondary N) is 1. The number of benzene rings is 2. The molecule has 3 aromatic rings. The van der Waals surface area contributed by atoms with E-state index in [1.165, 1.54) is 19.2 Å². The molecular formula is C21H21F3N4O3. The van der Waals surface area contributed by atoms with E-state index in [1.54, 1.807) is 29.2 Å². The van der Waals surface area contributed by atoms with Crippen LogP contribution < -0.4 is 10.1 Å². The molecule has 1 heterocycles. The van der Waals surface area contributed by atoms with E-state index in [2.05, 4.69) is 15.5 Å². The molecule has 1 N–H and O–H groups in total. The molecule has 0 unspecified atom stereocenters. The molecule has 0 saturated carbocycles. The van der Waals surface area contributed by atoms with Crippen LogP contribution in [0.2, 0.25) is 0 Å². The Balaban J connectivity index is 1.63. The average molecular weight is 434 g/mol. The molecule has 0 atom stereocenters. The molecule has 1 amide bonds. The molecule has 0 spiro atoms. The van der Waals surface area contributed by atoms with Gasteiger partial charge in [-0.3, -0.25) is 9.69 Å². The molecule has 0 fully saturated rings. The van der Waals surface area contributed by atoms with Crippen LogP contribution in [0, 0.1) is 0 Å². The summed E-state index contributed by atoms with van der Waals surface area (Å²) in [7, 11) is 1.54. The zero-order chi connectivity index (χ0) is 22.4. The lowest BCUT2D eigenvalue weighted by molar-refractivity contribution is -0.137. The van der Waals surface area contributed by atoms with Crippen molar-refractivity contribution in [2.75, 3.05) is 25.5 Å². The van der Waals surface area contributed by atoms with Crippen molar-refractivity contribution in [1.82, 2.24) is 15.0 Å². The van der Waals surface area contributed by atoms with Crippen molar-refractivity contribution in [3.8, 4) is 17.1 Å². The largest absolute Gasteiger partial charge is 0.497 e. The lowest BCUT2D eigenvalue weighted by Gasteiger charge is -2.17. The van der Waals surface area contributed by atoms with E-state index in [9.17, 15) is 18.0 Å². The smallest absolute Gasteiger partial charge is 0.416 e. The van der Waals surface area contributed by atoms with Gasteiger partial charge in [-0.2, -0.15) is 18.2 Å². The average Bonchev–Trinajstić information content (AvgIpc) is 3.21. The second-order valence-electron chi connectivity index (χ2n) is 6.67. The maximum atomic E-state index is 12.9. The summed E-state index contributed by atoms with van der Waals surface area (Å²) in [4.78, 5) is 18.3. The third-order valence-corrected chi connectivity index (χ3v) is 4.44. The van der Waals surface area contributed by atoms with E-state index in [-0.39, 0.29) is 36.3 Å². The Hall–Kier alpha value is -3.40. The number of likely N-dealkylation sites (N-methyl/N-ethyl adjacent to an activating group) is 1. The molecule has 1 aromatic heterocycles. The predicted octanol–water partition coefficient (Wildman–Crippen LogP) is 4.22. The van der Waals surface area contributed by atoms with Gasteiger partial charge in [-0.25, -0.2) is 0 Å². The Bertz CT molecular complexity index is 1040. The summed E-state index contributed by atoms with van der Waals surface area (Å²) in [6, 6.07) is 11.7. The van der Waals surface area contributed by atoms with Crippen LogP contribution in [-0.4, -0.2) is 41.1 Å². The number of rotatable bonds is 8. The van der Waals surface area contributed by atoms with Crippen LogP contribution in [0.15, 0.2) is 53.1 Å². The van der Waals surface area contributed by atoms with Gasteiger partial charge in [0.2, 0.25) is 17.6 Å². The Morgan fingerprint density at radius 1 is 1.19 bits per heavy atom. The van der Waals surface area contributed by atoms with Crippen LogP contribution in [-0.2, 0) is 17.5 Å². The Morgan fingerprint density at radius 3 is 2.68 bits per heavy atom. The number of aromatic nitrogens is 2. The van der Waals surface area contributed by atoms with E-state index >= 15 is 0 Å². The molecule has 31 heavy (non-hydrogen) atoms. The highest BCUT2D eigenvalue weighted by molar-refractivity contribution is 5.92. The Kier molecular flexibility index (Phi) is 6.91. The SMILES string of the molecule is CCN(CC(=O)Nc1cccc(OC)c1)Cc1nc(-c2cccc(C(F)(F)F)c2)no1. The molecule has 3 rings (SSSR count). The number of ether oxygens (including phenoxy) is 1. The van der Waals surface area contributed by atoms with Crippen molar-refractivity contribution in [3.63, 3.8) is 0 Å². The lowest BCUT2D eigenvalue weighted by Crippen LogP contribution is -2.32. The standard InChI is InChI=1S/C21H21F3N4O3/c1-3-28(12-18(29)25-16-8-5-9-17(11-16)30-2)13-19-26-20(27-31-19)14-6-4-7-15(10-14)21(22,23)24/h4-11H,3,12-13H2,1-2H3,(H,25,29). The fraction of sp³-hybridized carbons (Fsp3) is 0.286. The summed E-state index contributed by atoms with van der Waals surface area (Å²) in [5.41, 5.74) is 0.00872. The number of alkyl halides is 3. The first-order chi connectivity index (χ1) is 14.8. The highest BCUT2D eigenvalue weighted by atomic mass is 19.4. The van der Waals surface area contributed by atoms with Crippen LogP contribution in [0.4, 0.5) is 18.9 Å². The summed E-state index contributed by atoms with van der Waals surface area (Å²) in [6.45, 7) is 2.62. The molecule has 0 bridgehead atoms. The number of anilines is 1. The van der Waals surface area contributed by atoms with Crippen LogP contribution in [0.5, 0.6) is 5.75 Å². The van der Waals surface area contributed by atoms with Crippen molar-refractivity contribution >= 4 is 11.6 Å². The zero-order valence-corrected chi connectivity index (χ0v) is 16.9. The number of carbonyl (C=O) groups is 1. The molecule has 0 radical (unpaired) electrons. The van der Waals surface area contributed by atoms with E-state index in [4.69, 9.17) is 9.26 Å². The van der Waals surface area contributed by atoms with Gasteiger partial charge in [0.15, 0.2) is 0 Å². The molecule has 0 saturated heterocycles. The summed E-state index contributed by atoms with van der Waals surface area (Å²) in [6.07, 6.45) is -4.46. The molecule has 7 nitrogen and oxygen atoms in total. The van der Waals surface area contributed by atoms with Gasteiger partial charge >= 0.3 is 6.18 Å². The van der Waals surface area contributed by atoms with Crippen LogP contribution in [0.25, 0.3) is 11.4 Å². The first-order valence-corrected chi connectivity index (χ1v) is 9.45. The van der Waals surface area contributed by atoms with Gasteiger partial charge in [0.25, 0.3) is 0 Å². The van der Waals surface area contributed by atoms with Crippen molar-refractivity contribution < 1.29 is 27.2 Å². The topological polar surface area (TPSA) is 80.5 Å². The number of hydrogen-bond acceptors (Lipinski definition) is 6. The Labute approximate surface area is 176 Å². The molecule has 2 aromatic carbocycles. The maximum Gasteiger partial charge on any atom is 0.416 e. The summed E-state index contributed by atoms with van der Waals surface area (Å²) in [5, 5.41) is 6.55. The van der Waals surface area contributed by atoms with E-state index in [1.807, 2.05) is 6.92 Å². The third kappa shape index (κ3) is 6.05. The molecule has 10 heteroatoms. The summed E-state index contributed by atoms with van der Waals surface area (Å²) >= 11 is 0. The second-order valence-corrected chi connectivity index (χ2v) is 6.67. The molecule has 0 aliphatic carbocycles. The lowest BCUT2D eigenvalue weighted by atomic mass is 10.1. The van der Waals surface area contributed by atoms with Crippen LogP contribution >= 0.6 is 0 Å². The van der Waals surface area contributed by atoms with Crippen molar-refractivity contribution in [2.24, 2.45) is 0 Å². The summed E-state index contributed by atoms with van der Waals surface area (Å²) in [5.74, 6) is 0.632. The monoisotopic (exact) mass is 434 g/mol. The van der Waals surface area contributed by atoms with Gasteiger partial charge in [0, 0.05) is 17.3 Å². The number of nitrogens with zero attached hydrogens (tertiary/aromatic N) is 3. The minimum absolute atomic E-state index is 0.0537. The van der Waals surface area contributed by atoms with Gasteiger partial charge < -0.3 is 14.6 Å². The minimum atomic E-state index is -4.46. The number of amides is 1. The van der Waals surface area contributed by atoms with E-state index in [0.29, 0.717) is 18.0 Å². The molecule has 0 aliphatic heterocycles. The first-order valence-electron chi connectivity index (χ1n) is 9.45. The van der Waals surface area contributed by atoms with E-state index < -0.39 is 11.7 Å². The first kappa shape index (κ1) is 22.3. The van der Waals surface area contributed by atoms with Gasteiger partial charge in [0.05, 0.1) is 25.8 Å². The number of hydrogen-bond donors (Lipinski definition) is 1. The predicted molar refractivity (Wildman–Crippen MR) is 107 cm³/mol. The summed E-state index contributed by atoms with van der Waals surface area (Å²) < 4.78 is 49.0. The minimum Gasteiger partial charge on any atom is -0.497 e. The highest BCUT2D eigenvalue weighted by Gasteiger charge is 2.30. The molecular weight excluding hydrogens is 413 g/mol. The quantitative estimate of drug-likeness (QED) is 0.572. The van der Waals surface area contributed by atoms with E-state index in [0.717, 1.165) is 12.1 Å². The fourth-order valence-electron chi connectivity index (χ4n) is 2.85. The third-order valence-electron chi connectivity index (χ3n) is 4.44. The normalized spacial score (nSPS) is 11.5. The van der Waals surface area contributed by atoms with Gasteiger partial charge in [-0.05, 0) is 30.8 Å². The fourth-order valence-corrected chi connectivity index (χ4v) is 2.85. The molecule has 0 aliphatic rings. The maximum absolute atomic E-state index is 12.9. The number of halogens is 3. The molecule has 164 valence electrons. The zero-order valence-electron chi connectivity index (χ0n) is 16.9. The van der Waals surface area contributed by atoms with Crippen LogP contribution in [0.1, 0.15) is 18.4 Å². The van der Waals surface area contributed by atoms with Gasteiger partial charge in [0.1, 0.15) is 5.75 Å². The van der Waals surface area contributed by atoms with Gasteiger partial charge in [-0.15, -0.1) is 0 Å². The van der Waals surface area contributed by atoms with Crippen molar-refractivity contribution in [2.45, 2.75) is 19.6 Å². The number of carbonyl (C=O) groups excluding carboxylic acids is 1.